The normalized spacial score (nSPS) is 18.4. The third-order valence-corrected chi connectivity index (χ3v) is 7.84. The zero-order valence-corrected chi connectivity index (χ0v) is 22.0. The maximum Gasteiger partial charge on any atom is 0.399 e. The van der Waals surface area contributed by atoms with Crippen LogP contribution in [0.5, 0.6) is 0 Å². The first-order chi connectivity index (χ1) is 18.3. The Hall–Kier alpha value is -3.38. The molecule has 3 heterocycles. The number of benzene rings is 2. The van der Waals surface area contributed by atoms with Gasteiger partial charge in [-0.25, -0.2) is 14.6 Å². The average Bonchev–Trinajstić information content (AvgIpc) is 3.60. The Labute approximate surface area is 228 Å². The topological polar surface area (TPSA) is 82.2 Å². The maximum absolute atomic E-state index is 14.0. The van der Waals surface area contributed by atoms with Gasteiger partial charge in [-0.15, -0.1) is 5.10 Å². The van der Waals surface area contributed by atoms with E-state index in [0.717, 1.165) is 10.2 Å². The van der Waals surface area contributed by atoms with Crippen molar-refractivity contribution >= 4 is 33.4 Å². The lowest BCUT2D eigenvalue weighted by Gasteiger charge is -2.45. The molecule has 4 aromatic rings. The largest absolute Gasteiger partial charge is 0.449 e. The summed E-state index contributed by atoms with van der Waals surface area (Å²) in [6.45, 7) is 0.195. The second-order valence-electron chi connectivity index (χ2n) is 9.17. The van der Waals surface area contributed by atoms with Gasteiger partial charge in [-0.2, -0.15) is 18.3 Å². The molecule has 2 aromatic carbocycles. The van der Waals surface area contributed by atoms with Crippen molar-refractivity contribution in [1.29, 1.82) is 0 Å². The molecule has 1 fully saturated rings. The monoisotopic (exact) mass is 605 g/mol. The Morgan fingerprint density at radius 1 is 1.13 bits per heavy atom. The number of rotatable bonds is 6. The molecule has 13 heteroatoms. The van der Waals surface area contributed by atoms with E-state index in [-0.39, 0.29) is 31.0 Å². The van der Waals surface area contributed by atoms with Crippen molar-refractivity contribution in [3.63, 3.8) is 0 Å². The standard InChI is InChI=1S/C25H20BrClF3N7O/c26-15-6-8-16(9-7-15)37-19(12-36-14-31-13-32-36)20(33-21(37)17-4-1-2-5-18(17)27)22-34-35-23(38-22)24(10-3-11-24)25(28,29)30/h1-2,4-9,13-14,23,35H,3,10-12H2. The molecule has 6 rings (SSSR count). The summed E-state index contributed by atoms with van der Waals surface area (Å²) in [7, 11) is 0. The minimum atomic E-state index is -4.43. The van der Waals surface area contributed by atoms with E-state index in [0.29, 0.717) is 28.5 Å². The van der Waals surface area contributed by atoms with Crippen LogP contribution in [-0.2, 0) is 11.3 Å². The lowest BCUT2D eigenvalue weighted by molar-refractivity contribution is -0.281. The van der Waals surface area contributed by atoms with Gasteiger partial charge in [0, 0.05) is 15.7 Å². The van der Waals surface area contributed by atoms with Crippen LogP contribution in [0.1, 0.15) is 30.7 Å². The molecule has 1 unspecified atom stereocenters. The van der Waals surface area contributed by atoms with Crippen molar-refractivity contribution in [1.82, 2.24) is 29.7 Å². The summed E-state index contributed by atoms with van der Waals surface area (Å²) in [6, 6.07) is 14.8. The summed E-state index contributed by atoms with van der Waals surface area (Å²) in [5.41, 5.74) is 2.86. The van der Waals surface area contributed by atoms with Crippen LogP contribution in [0.25, 0.3) is 17.1 Å². The molecule has 1 atom stereocenters. The van der Waals surface area contributed by atoms with Crippen molar-refractivity contribution in [2.24, 2.45) is 10.5 Å². The number of alkyl halides is 3. The lowest BCUT2D eigenvalue weighted by Crippen LogP contribution is -2.56. The van der Waals surface area contributed by atoms with Crippen LogP contribution in [0.2, 0.25) is 5.02 Å². The molecule has 0 amide bonds. The highest BCUT2D eigenvalue weighted by Gasteiger charge is 2.65. The Morgan fingerprint density at radius 3 is 2.53 bits per heavy atom. The van der Waals surface area contributed by atoms with Gasteiger partial charge in [-0.1, -0.05) is 46.1 Å². The SMILES string of the molecule is FC(F)(F)C1(C2NN=C(c3nc(-c4ccccc4Cl)n(-c4ccc(Br)cc4)c3Cn3cncn3)O2)CCC1. The van der Waals surface area contributed by atoms with Gasteiger partial charge in [0.1, 0.15) is 23.9 Å². The van der Waals surface area contributed by atoms with Gasteiger partial charge in [0.25, 0.3) is 5.90 Å². The fourth-order valence-electron chi connectivity index (χ4n) is 4.81. The molecule has 1 saturated carbocycles. The Kier molecular flexibility index (Phi) is 6.18. The first kappa shape index (κ1) is 24.9. The molecule has 1 aliphatic carbocycles. The van der Waals surface area contributed by atoms with Crippen LogP contribution in [0.15, 0.2) is 70.8 Å². The second kappa shape index (κ2) is 9.42. The summed E-state index contributed by atoms with van der Waals surface area (Å²) < 4.78 is 52.3. The van der Waals surface area contributed by atoms with E-state index >= 15 is 0 Å². The van der Waals surface area contributed by atoms with Crippen molar-refractivity contribution in [2.75, 3.05) is 0 Å². The molecule has 38 heavy (non-hydrogen) atoms. The van der Waals surface area contributed by atoms with Crippen LogP contribution in [0.4, 0.5) is 13.2 Å². The molecule has 1 aliphatic heterocycles. The van der Waals surface area contributed by atoms with Crippen molar-refractivity contribution in [2.45, 2.75) is 38.2 Å². The first-order valence-electron chi connectivity index (χ1n) is 11.8. The number of imidazole rings is 1. The molecular formula is C25H20BrClF3N7O. The van der Waals surface area contributed by atoms with E-state index in [4.69, 9.17) is 21.3 Å². The van der Waals surface area contributed by atoms with Gasteiger partial charge in [-0.3, -0.25) is 9.99 Å². The number of hydrogen-bond acceptors (Lipinski definition) is 6. The van der Waals surface area contributed by atoms with Crippen molar-refractivity contribution < 1.29 is 17.9 Å². The number of aromatic nitrogens is 5. The van der Waals surface area contributed by atoms with E-state index in [1.54, 1.807) is 17.1 Å². The minimum Gasteiger partial charge on any atom is -0.449 e. The van der Waals surface area contributed by atoms with Crippen molar-refractivity contribution in [3.05, 3.63) is 82.1 Å². The predicted octanol–water partition coefficient (Wildman–Crippen LogP) is 5.94. The quantitative estimate of drug-likeness (QED) is 0.294. The molecule has 0 radical (unpaired) electrons. The third kappa shape index (κ3) is 4.15. The Balaban J connectivity index is 1.51. The minimum absolute atomic E-state index is 0.0233. The summed E-state index contributed by atoms with van der Waals surface area (Å²) in [6.07, 6.45) is -2.41. The highest BCUT2D eigenvalue weighted by atomic mass is 79.9. The highest BCUT2D eigenvalue weighted by molar-refractivity contribution is 9.10. The molecule has 2 aliphatic rings. The smallest absolute Gasteiger partial charge is 0.399 e. The van der Waals surface area contributed by atoms with Gasteiger partial charge in [0.2, 0.25) is 6.23 Å². The number of hydrazone groups is 1. The summed E-state index contributed by atoms with van der Waals surface area (Å²) in [5.74, 6) is 0.455. The second-order valence-corrected chi connectivity index (χ2v) is 10.5. The number of ether oxygens (including phenoxy) is 1. The lowest BCUT2D eigenvalue weighted by atomic mass is 9.67. The summed E-state index contributed by atoms with van der Waals surface area (Å²) in [4.78, 5) is 8.88. The Bertz CT molecular complexity index is 1500. The van der Waals surface area contributed by atoms with E-state index in [1.807, 2.05) is 47.0 Å². The predicted molar refractivity (Wildman–Crippen MR) is 138 cm³/mol. The van der Waals surface area contributed by atoms with Gasteiger partial charge in [0.15, 0.2) is 5.69 Å². The van der Waals surface area contributed by atoms with E-state index in [2.05, 4.69) is 36.5 Å². The molecule has 0 saturated heterocycles. The number of halogens is 5. The molecule has 0 spiro atoms. The molecule has 8 nitrogen and oxygen atoms in total. The van der Waals surface area contributed by atoms with Crippen LogP contribution < -0.4 is 5.43 Å². The van der Waals surface area contributed by atoms with E-state index < -0.39 is 17.8 Å². The zero-order valence-electron chi connectivity index (χ0n) is 19.7. The van der Waals surface area contributed by atoms with Gasteiger partial charge in [0.05, 0.1) is 17.3 Å². The maximum atomic E-state index is 14.0. The number of nitrogens with zero attached hydrogens (tertiary/aromatic N) is 6. The third-order valence-electron chi connectivity index (χ3n) is 6.98. The van der Waals surface area contributed by atoms with Gasteiger partial charge >= 0.3 is 6.18 Å². The van der Waals surface area contributed by atoms with Crippen LogP contribution in [-0.4, -0.2) is 42.6 Å². The van der Waals surface area contributed by atoms with Crippen LogP contribution in [0.3, 0.4) is 0 Å². The number of nitrogens with one attached hydrogen (secondary N) is 1. The molecular weight excluding hydrogens is 587 g/mol. The summed E-state index contributed by atoms with van der Waals surface area (Å²) >= 11 is 10.0. The van der Waals surface area contributed by atoms with Crippen molar-refractivity contribution in [3.8, 4) is 17.1 Å². The molecule has 2 aromatic heterocycles. The van der Waals surface area contributed by atoms with E-state index in [1.165, 1.54) is 6.33 Å². The van der Waals surface area contributed by atoms with Crippen LogP contribution >= 0.6 is 27.5 Å². The highest BCUT2D eigenvalue weighted by Crippen LogP contribution is 2.56. The molecule has 196 valence electrons. The summed E-state index contributed by atoms with van der Waals surface area (Å²) in [5, 5.41) is 8.89. The molecule has 0 bridgehead atoms. The van der Waals surface area contributed by atoms with E-state index in [9.17, 15) is 13.2 Å². The fourth-order valence-corrected chi connectivity index (χ4v) is 5.29. The van der Waals surface area contributed by atoms with Crippen LogP contribution in [0, 0.1) is 5.41 Å². The fraction of sp³-hybridized carbons (Fsp3) is 0.280. The van der Waals surface area contributed by atoms with Gasteiger partial charge < -0.3 is 4.74 Å². The molecule has 1 N–H and O–H groups in total. The Morgan fingerprint density at radius 2 is 1.89 bits per heavy atom. The van der Waals surface area contributed by atoms with Gasteiger partial charge in [-0.05, 0) is 49.2 Å². The number of hydrogen-bond donors (Lipinski definition) is 1. The zero-order chi connectivity index (χ0) is 26.5. The first-order valence-corrected chi connectivity index (χ1v) is 13.0. The average molecular weight is 607 g/mol.